The van der Waals surface area contributed by atoms with E-state index in [0.717, 1.165) is 101 Å². The first-order valence-electron chi connectivity index (χ1n) is 45.7. The Morgan fingerprint density at radius 1 is 0.320 bits per heavy atom. The molecule has 2 nitrogen and oxygen atoms in total. The van der Waals surface area contributed by atoms with Gasteiger partial charge < -0.3 is 4.74 Å². The molecule has 0 aliphatic rings. The summed E-state index contributed by atoms with van der Waals surface area (Å²) in [6, 6.07) is 85.9. The third kappa shape index (κ3) is 58.8. The Bertz CT molecular complexity index is 4510. The Hall–Kier alpha value is -9.63. The average molecular weight is 1780 g/mol. The Labute approximate surface area is 774 Å². The van der Waals surface area contributed by atoms with Crippen molar-refractivity contribution in [2.75, 3.05) is 7.11 Å². The predicted molar refractivity (Wildman–Crippen MR) is 531 cm³/mol. The van der Waals surface area contributed by atoms with E-state index in [0.29, 0.717) is 53.9 Å². The summed E-state index contributed by atoms with van der Waals surface area (Å²) < 4.78 is 118. The van der Waals surface area contributed by atoms with E-state index in [2.05, 4.69) is 248 Å². The second kappa shape index (κ2) is 65.0. The van der Waals surface area contributed by atoms with Crippen LogP contribution in [0.5, 0.6) is 5.75 Å². The van der Waals surface area contributed by atoms with Gasteiger partial charge in [-0.2, -0.15) is 31.6 Å². The molecule has 698 valence electrons. The third-order valence-corrected chi connectivity index (χ3v) is 19.3. The fourth-order valence-corrected chi connectivity index (χ4v) is 13.1. The number of rotatable bonds is 23. The highest BCUT2D eigenvalue weighted by Gasteiger charge is 2.33. The third-order valence-electron chi connectivity index (χ3n) is 19.1. The first-order chi connectivity index (χ1) is 60.2. The number of ether oxygens (including phenoxy) is 1. The van der Waals surface area contributed by atoms with Gasteiger partial charge in [0.25, 0.3) is 0 Å². The standard InChI is InChI=1S/2C11H13F3.C11H16O.3C11H16.C10H13Cl.3C10H13F.C10H11N/c1-8(2)6-9-4-3-5-10(7-9)11(12,13)14;1-8(2)7-9-5-3-4-6-10(9)11(12,13)14;1-9(2)7-10-5-4-6-11(8-10)12-3;1-9(2)8-11-6-4-10(3)5-7-11;1-9(2)8-11-7-5-4-6-10(11)3;1-10(2)8-9-11-6-4-3-5-7-11;2*1-8(2)7-9-3-5-10(11)6-4-9;1-8(2)6-9-4-3-5-10(11)7-9;1-8(2)7-9-5-3-4-6-10(9)11;1-8(2)10-5-3-9(7-11)4-6-10/h3-5,7-8H,6H2,1-2H3;3-6,8H,7H2,1-2H3;4-6,8-9H,7H2,1-3H3;2*4-7,9H,8H2,1-3H3;3-7,10H,8-9H2,1-2H3;2*3-6,8H,7H2,1-2H3;3-5,7-8H,6H2,1-2H3;3-6,8H,7H2,1-2H3;3-6,8H,1-2H3. The van der Waals surface area contributed by atoms with Gasteiger partial charge in [-0.1, -0.05) is 364 Å². The SMILES string of the molecule is CC(C)CCc1ccccc1.CC(C)Cc1ccc(Cl)cc1.CC(C)Cc1ccc(F)cc1.CC(C)Cc1cccc(C(F)(F)F)c1.CC(C)Cc1cccc(F)c1.CC(C)Cc1ccccc1C(F)(F)F.CC(C)Cc1ccccc1F.CC(C)c1ccc(C#N)cc1.COc1cccc(CC(C)C)c1.Cc1ccc(CC(C)C)cc1.Cc1ccccc1CC(C)C. The maximum atomic E-state index is 12.9. The summed E-state index contributed by atoms with van der Waals surface area (Å²) in [4.78, 5) is 0. The van der Waals surface area contributed by atoms with E-state index in [4.69, 9.17) is 21.6 Å². The van der Waals surface area contributed by atoms with E-state index in [1.54, 1.807) is 43.5 Å². The molecule has 11 rings (SSSR count). The number of hydrogen-bond acceptors (Lipinski definition) is 2. The summed E-state index contributed by atoms with van der Waals surface area (Å²) in [5.41, 5.74) is 15.1. The van der Waals surface area contributed by atoms with Gasteiger partial charge in [-0.05, 0) is 295 Å². The molecule has 0 saturated heterocycles. The predicted octanol–water partition coefficient (Wildman–Crippen LogP) is 35.7. The van der Waals surface area contributed by atoms with Gasteiger partial charge in [0, 0.05) is 5.02 Å². The van der Waals surface area contributed by atoms with Gasteiger partial charge >= 0.3 is 12.4 Å². The van der Waals surface area contributed by atoms with Gasteiger partial charge in [-0.25, -0.2) is 13.2 Å². The molecule has 0 saturated carbocycles. The number of methoxy groups -OCH3 is 1. The number of aryl methyl sites for hydroxylation is 3. The number of halogens is 10. The fourth-order valence-electron chi connectivity index (χ4n) is 13.0. The second-order valence-corrected chi connectivity index (χ2v) is 37.7. The van der Waals surface area contributed by atoms with Gasteiger partial charge in [-0.15, -0.1) is 0 Å². The Morgan fingerprint density at radius 2 is 0.695 bits per heavy atom. The van der Waals surface area contributed by atoms with Crippen molar-refractivity contribution in [3.8, 4) is 11.8 Å². The van der Waals surface area contributed by atoms with Crippen molar-refractivity contribution in [3.63, 3.8) is 0 Å². The summed E-state index contributed by atoms with van der Waals surface area (Å²) in [6.07, 6.45) is 2.67. The summed E-state index contributed by atoms with van der Waals surface area (Å²) in [7, 11) is 1.70. The van der Waals surface area contributed by atoms with Gasteiger partial charge in [0.2, 0.25) is 0 Å². The summed E-state index contributed by atoms with van der Waals surface area (Å²) >= 11 is 5.75. The second-order valence-electron chi connectivity index (χ2n) is 37.3. The molecule has 0 unspecified atom stereocenters. The zero-order valence-electron chi connectivity index (χ0n) is 81.7. The molecule has 0 aliphatic carbocycles. The van der Waals surface area contributed by atoms with Crippen molar-refractivity contribution in [1.82, 2.24) is 0 Å². The Morgan fingerprint density at radius 3 is 1.12 bits per heavy atom. The molecule has 0 atom stereocenters. The lowest BCUT2D eigenvalue weighted by molar-refractivity contribution is -0.138. The van der Waals surface area contributed by atoms with Crippen molar-refractivity contribution in [2.24, 2.45) is 59.2 Å². The van der Waals surface area contributed by atoms with Crippen LogP contribution in [0.2, 0.25) is 5.02 Å². The maximum absolute atomic E-state index is 12.9. The zero-order valence-corrected chi connectivity index (χ0v) is 82.5. The molecule has 0 fully saturated rings. The summed E-state index contributed by atoms with van der Waals surface area (Å²) in [6.45, 7) is 51.6. The van der Waals surface area contributed by atoms with Crippen LogP contribution in [0.3, 0.4) is 0 Å². The normalized spacial score (nSPS) is 10.8. The molecule has 0 aromatic heterocycles. The van der Waals surface area contributed by atoms with Crippen LogP contribution in [0.4, 0.5) is 39.5 Å². The summed E-state index contributed by atoms with van der Waals surface area (Å²) in [5, 5.41) is 9.33. The zero-order chi connectivity index (χ0) is 96.5. The first kappa shape index (κ1) is 116. The van der Waals surface area contributed by atoms with Gasteiger partial charge in [-0.3, -0.25) is 0 Å². The lowest BCUT2D eigenvalue weighted by atomic mass is 9.98. The van der Waals surface area contributed by atoms with Crippen LogP contribution < -0.4 is 4.74 Å². The quantitative estimate of drug-likeness (QED) is 0.0598. The van der Waals surface area contributed by atoms with E-state index in [-0.39, 0.29) is 23.4 Å². The van der Waals surface area contributed by atoms with Crippen LogP contribution in [0.1, 0.15) is 254 Å². The van der Waals surface area contributed by atoms with Crippen LogP contribution in [0.15, 0.2) is 273 Å². The van der Waals surface area contributed by atoms with Crippen LogP contribution in [-0.2, 0) is 76.6 Å². The topological polar surface area (TPSA) is 33.0 Å². The minimum atomic E-state index is -4.23. The highest BCUT2D eigenvalue weighted by atomic mass is 35.5. The fraction of sp³-hybridized carbons (Fsp3) is 0.422. The van der Waals surface area contributed by atoms with Gasteiger partial charge in [0.1, 0.15) is 23.2 Å². The number of nitriles is 1. The van der Waals surface area contributed by atoms with Crippen LogP contribution in [0, 0.1) is 102 Å². The highest BCUT2D eigenvalue weighted by molar-refractivity contribution is 6.30. The number of hydrogen-bond donors (Lipinski definition) is 0. The van der Waals surface area contributed by atoms with Crippen molar-refractivity contribution in [3.05, 3.63) is 384 Å². The van der Waals surface area contributed by atoms with E-state index in [9.17, 15) is 39.5 Å². The molecule has 0 N–H and O–H groups in total. The number of benzene rings is 11. The van der Waals surface area contributed by atoms with Crippen molar-refractivity contribution >= 4 is 11.6 Å². The van der Waals surface area contributed by atoms with Crippen molar-refractivity contribution < 1.29 is 44.3 Å². The lowest BCUT2D eigenvalue weighted by Crippen LogP contribution is -2.10. The molecule has 0 aliphatic heterocycles. The van der Waals surface area contributed by atoms with E-state index >= 15 is 0 Å². The van der Waals surface area contributed by atoms with Crippen molar-refractivity contribution in [2.45, 2.75) is 255 Å². The highest BCUT2D eigenvalue weighted by Crippen LogP contribution is 2.34. The van der Waals surface area contributed by atoms with Crippen LogP contribution in [0.25, 0.3) is 0 Å². The molecular weight excluding hydrogens is 1630 g/mol. The molecule has 12 heteroatoms. The Kier molecular flexibility index (Phi) is 59.1. The molecule has 0 spiro atoms. The molecular formula is C116H153ClF9NO. The average Bonchev–Trinajstić information content (AvgIpc) is 0.820. The molecule has 0 amide bonds. The monoisotopic (exact) mass is 1780 g/mol. The lowest BCUT2D eigenvalue weighted by Gasteiger charge is -2.13. The van der Waals surface area contributed by atoms with E-state index < -0.39 is 23.5 Å². The Balaban J connectivity index is 0.000000705. The molecule has 128 heavy (non-hydrogen) atoms. The number of alkyl halides is 6. The van der Waals surface area contributed by atoms with Crippen molar-refractivity contribution in [1.29, 1.82) is 5.26 Å². The molecule has 11 aromatic rings. The number of nitrogens with zero attached hydrogens (tertiary/aromatic N) is 1. The largest absolute Gasteiger partial charge is 0.497 e. The van der Waals surface area contributed by atoms with E-state index in [1.807, 2.05) is 107 Å². The minimum Gasteiger partial charge on any atom is -0.497 e. The van der Waals surface area contributed by atoms with Crippen LogP contribution >= 0.6 is 11.6 Å². The van der Waals surface area contributed by atoms with Gasteiger partial charge in [0.15, 0.2) is 0 Å². The minimum absolute atomic E-state index is 0.0822. The smallest absolute Gasteiger partial charge is 0.416 e. The molecule has 0 bridgehead atoms. The molecule has 0 radical (unpaired) electrons. The van der Waals surface area contributed by atoms with Crippen LogP contribution in [-0.4, -0.2) is 7.11 Å². The van der Waals surface area contributed by atoms with Gasteiger partial charge in [0.05, 0.1) is 29.9 Å². The summed E-state index contributed by atoms with van der Waals surface area (Å²) in [5.74, 6) is 7.25. The van der Waals surface area contributed by atoms with E-state index in [1.165, 1.54) is 118 Å². The molecule has 11 aromatic carbocycles. The maximum Gasteiger partial charge on any atom is 0.416 e. The molecule has 0 heterocycles. The first-order valence-corrected chi connectivity index (χ1v) is 46.1.